The van der Waals surface area contributed by atoms with Gasteiger partial charge >= 0.3 is 5.97 Å². The Balaban J connectivity index is 2.19. The monoisotopic (exact) mass is 276 g/mol. The van der Waals surface area contributed by atoms with Crippen LogP contribution < -0.4 is 4.90 Å². The molecule has 3 heterocycles. The van der Waals surface area contributed by atoms with E-state index in [2.05, 4.69) is 15.1 Å². The van der Waals surface area contributed by atoms with Crippen molar-refractivity contribution < 1.29 is 14.4 Å². The van der Waals surface area contributed by atoms with Crippen molar-refractivity contribution in [3.8, 4) is 0 Å². The Kier molecular flexibility index (Phi) is 2.84. The summed E-state index contributed by atoms with van der Waals surface area (Å²) < 4.78 is 5.14. The summed E-state index contributed by atoms with van der Waals surface area (Å²) in [6.45, 7) is 4.37. The summed E-state index contributed by atoms with van der Waals surface area (Å²) in [7, 11) is 0. The largest absolute Gasteiger partial charge is 0.479 e. The van der Waals surface area contributed by atoms with Crippen molar-refractivity contribution in [2.24, 2.45) is 0 Å². The third-order valence-corrected chi connectivity index (χ3v) is 4.15. The lowest BCUT2D eigenvalue weighted by Crippen LogP contribution is -2.50. The second-order valence-electron chi connectivity index (χ2n) is 5.09. The highest BCUT2D eigenvalue weighted by Gasteiger charge is 2.47. The predicted octanol–water partition coefficient (Wildman–Crippen LogP) is 1.76. The summed E-state index contributed by atoms with van der Waals surface area (Å²) in [6.07, 6.45) is 3.37. The molecule has 0 bridgehead atoms. The standard InChI is InChI=1S/C13H16N4O3/c1-3-13(12(18)19)5-4-6-17(13)10-9-8(2)16-20-11(9)15-7-14-10/h7H,3-6H2,1-2H3,(H,18,19). The van der Waals surface area contributed by atoms with Gasteiger partial charge in [0.2, 0.25) is 0 Å². The van der Waals surface area contributed by atoms with Crippen LogP contribution in [-0.4, -0.2) is 38.3 Å². The summed E-state index contributed by atoms with van der Waals surface area (Å²) in [6, 6.07) is 0. The van der Waals surface area contributed by atoms with Crippen LogP contribution in [0.1, 0.15) is 31.9 Å². The number of carbonyl (C=O) groups is 1. The van der Waals surface area contributed by atoms with Gasteiger partial charge in [-0.3, -0.25) is 0 Å². The number of nitrogens with zero attached hydrogens (tertiary/aromatic N) is 4. The van der Waals surface area contributed by atoms with Crippen molar-refractivity contribution in [3.63, 3.8) is 0 Å². The van der Waals surface area contributed by atoms with E-state index in [1.807, 2.05) is 18.7 Å². The van der Waals surface area contributed by atoms with Gasteiger partial charge in [-0.1, -0.05) is 12.1 Å². The van der Waals surface area contributed by atoms with Gasteiger partial charge in [0.1, 0.15) is 23.1 Å². The van der Waals surface area contributed by atoms with E-state index in [1.54, 1.807) is 0 Å². The first kappa shape index (κ1) is 12.8. The van der Waals surface area contributed by atoms with E-state index >= 15 is 0 Å². The number of carboxylic acids is 1. The zero-order chi connectivity index (χ0) is 14.3. The second kappa shape index (κ2) is 4.43. The van der Waals surface area contributed by atoms with Crippen LogP contribution in [0, 0.1) is 6.92 Å². The number of hydrogen-bond acceptors (Lipinski definition) is 6. The van der Waals surface area contributed by atoms with E-state index in [4.69, 9.17) is 4.52 Å². The molecular formula is C13H16N4O3. The molecule has 0 radical (unpaired) electrons. The van der Waals surface area contributed by atoms with Crippen molar-refractivity contribution in [1.82, 2.24) is 15.1 Å². The molecular weight excluding hydrogens is 260 g/mol. The number of hydrogen-bond donors (Lipinski definition) is 1. The molecule has 1 N–H and O–H groups in total. The average molecular weight is 276 g/mol. The Morgan fingerprint density at radius 1 is 1.55 bits per heavy atom. The summed E-state index contributed by atoms with van der Waals surface area (Å²) in [5.41, 5.74) is 0.179. The summed E-state index contributed by atoms with van der Waals surface area (Å²) in [5, 5.41) is 14.3. The van der Waals surface area contributed by atoms with Crippen molar-refractivity contribution in [2.75, 3.05) is 11.4 Å². The number of aryl methyl sites for hydroxylation is 1. The highest BCUT2D eigenvalue weighted by molar-refractivity contribution is 5.92. The Labute approximate surface area is 115 Å². The first-order valence-electron chi connectivity index (χ1n) is 6.68. The lowest BCUT2D eigenvalue weighted by molar-refractivity contribution is -0.143. The molecule has 7 nitrogen and oxygen atoms in total. The number of anilines is 1. The SMILES string of the molecule is CCC1(C(=O)O)CCCN1c1ncnc2onc(C)c12. The number of carboxylic acid groups (broad SMARTS) is 1. The van der Waals surface area contributed by atoms with Crippen LogP contribution in [0.3, 0.4) is 0 Å². The van der Waals surface area contributed by atoms with Crippen LogP contribution in [0.2, 0.25) is 0 Å². The van der Waals surface area contributed by atoms with Crippen molar-refractivity contribution in [3.05, 3.63) is 12.0 Å². The topological polar surface area (TPSA) is 92.3 Å². The maximum Gasteiger partial charge on any atom is 0.329 e. The molecule has 1 atom stereocenters. The number of rotatable bonds is 3. The van der Waals surface area contributed by atoms with Crippen LogP contribution in [0.4, 0.5) is 5.82 Å². The first-order valence-corrected chi connectivity index (χ1v) is 6.68. The minimum Gasteiger partial charge on any atom is -0.479 e. The van der Waals surface area contributed by atoms with Gasteiger partial charge in [-0.15, -0.1) is 0 Å². The quantitative estimate of drug-likeness (QED) is 0.913. The fourth-order valence-corrected chi connectivity index (χ4v) is 3.04. The lowest BCUT2D eigenvalue weighted by atomic mass is 9.93. The average Bonchev–Trinajstić information content (AvgIpc) is 3.03. The molecule has 1 aliphatic heterocycles. The first-order chi connectivity index (χ1) is 9.60. The molecule has 3 rings (SSSR count). The molecule has 0 spiro atoms. The predicted molar refractivity (Wildman–Crippen MR) is 71.6 cm³/mol. The van der Waals surface area contributed by atoms with E-state index in [-0.39, 0.29) is 0 Å². The van der Waals surface area contributed by atoms with Gasteiger partial charge in [-0.2, -0.15) is 4.98 Å². The highest BCUT2D eigenvalue weighted by atomic mass is 16.5. The fourth-order valence-electron chi connectivity index (χ4n) is 3.04. The number of fused-ring (bicyclic) bond motifs is 1. The second-order valence-corrected chi connectivity index (χ2v) is 5.09. The van der Waals surface area contributed by atoms with Crippen LogP contribution in [0.15, 0.2) is 10.9 Å². The molecule has 7 heteroatoms. The molecule has 0 aromatic carbocycles. The maximum absolute atomic E-state index is 11.8. The minimum atomic E-state index is -0.898. The van der Waals surface area contributed by atoms with Gasteiger partial charge in [-0.05, 0) is 26.2 Å². The molecule has 2 aromatic rings. The third kappa shape index (κ3) is 1.59. The minimum absolute atomic E-state index is 0.398. The third-order valence-electron chi connectivity index (χ3n) is 4.15. The molecule has 1 saturated heterocycles. The summed E-state index contributed by atoms with van der Waals surface area (Å²) >= 11 is 0. The highest BCUT2D eigenvalue weighted by Crippen LogP contribution is 2.39. The zero-order valence-corrected chi connectivity index (χ0v) is 11.5. The summed E-state index contributed by atoms with van der Waals surface area (Å²) in [5.74, 6) is -0.200. The number of aliphatic carboxylic acids is 1. The number of aromatic nitrogens is 3. The molecule has 0 saturated carbocycles. The molecule has 0 amide bonds. The normalized spacial score (nSPS) is 22.6. The van der Waals surface area contributed by atoms with E-state index in [0.29, 0.717) is 42.0 Å². The van der Waals surface area contributed by atoms with Crippen molar-refractivity contribution >= 4 is 22.9 Å². The van der Waals surface area contributed by atoms with E-state index in [9.17, 15) is 9.90 Å². The lowest BCUT2D eigenvalue weighted by Gasteiger charge is -2.34. The molecule has 1 fully saturated rings. The van der Waals surface area contributed by atoms with E-state index in [1.165, 1.54) is 6.33 Å². The van der Waals surface area contributed by atoms with Gasteiger partial charge in [0.15, 0.2) is 0 Å². The smallest absolute Gasteiger partial charge is 0.329 e. The van der Waals surface area contributed by atoms with Gasteiger partial charge in [0.25, 0.3) is 5.71 Å². The maximum atomic E-state index is 11.8. The zero-order valence-electron chi connectivity index (χ0n) is 11.5. The van der Waals surface area contributed by atoms with E-state index < -0.39 is 11.5 Å². The molecule has 0 aliphatic carbocycles. The Morgan fingerprint density at radius 2 is 2.35 bits per heavy atom. The van der Waals surface area contributed by atoms with Gasteiger partial charge in [0.05, 0.1) is 5.69 Å². The van der Waals surface area contributed by atoms with Gasteiger partial charge in [-0.25, -0.2) is 9.78 Å². The fraction of sp³-hybridized carbons (Fsp3) is 0.538. The summed E-state index contributed by atoms with van der Waals surface area (Å²) in [4.78, 5) is 22.0. The molecule has 1 aliphatic rings. The van der Waals surface area contributed by atoms with E-state index in [0.717, 1.165) is 6.42 Å². The van der Waals surface area contributed by atoms with Crippen molar-refractivity contribution in [2.45, 2.75) is 38.6 Å². The molecule has 2 aromatic heterocycles. The molecule has 1 unspecified atom stereocenters. The van der Waals surface area contributed by atoms with Crippen LogP contribution >= 0.6 is 0 Å². The van der Waals surface area contributed by atoms with Crippen LogP contribution in [0.25, 0.3) is 11.1 Å². The van der Waals surface area contributed by atoms with Gasteiger partial charge < -0.3 is 14.5 Å². The van der Waals surface area contributed by atoms with Crippen molar-refractivity contribution in [1.29, 1.82) is 0 Å². The Hall–Kier alpha value is -2.18. The van der Waals surface area contributed by atoms with Gasteiger partial charge in [0, 0.05) is 6.54 Å². The van der Waals surface area contributed by atoms with Crippen LogP contribution in [-0.2, 0) is 4.79 Å². The molecule has 106 valence electrons. The Morgan fingerprint density at radius 3 is 3.05 bits per heavy atom. The molecule has 20 heavy (non-hydrogen) atoms. The Bertz CT molecular complexity index is 669. The van der Waals surface area contributed by atoms with Crippen LogP contribution in [0.5, 0.6) is 0 Å².